The van der Waals surface area contributed by atoms with E-state index in [4.69, 9.17) is 18.9 Å². The Hall–Kier alpha value is -5.50. The highest BCUT2D eigenvalue weighted by atomic mass is 16.6. The van der Waals surface area contributed by atoms with E-state index in [9.17, 15) is 9.59 Å². The Bertz CT molecular complexity index is 2900. The molecule has 16 atom stereocenters. The molecule has 8 aliphatic carbocycles. The number of allylic oxidation sites excluding steroid dienone is 2. The molecule has 6 saturated carbocycles. The molecular formula is C80H108N2O6. The number of nitrogens with one attached hydrogen (secondary N) is 2. The fourth-order valence-electron chi connectivity index (χ4n) is 21.0. The number of fused-ring (bicyclic) bond motifs is 10. The summed E-state index contributed by atoms with van der Waals surface area (Å²) in [6.07, 6.45) is 31.7. The van der Waals surface area contributed by atoms with Gasteiger partial charge in [0.2, 0.25) is 0 Å². The Kier molecular flexibility index (Phi) is 18.5. The first kappa shape index (κ1) is 62.7. The quantitative estimate of drug-likeness (QED) is 0.0909. The molecule has 0 heterocycles. The van der Waals surface area contributed by atoms with Crippen LogP contribution in [0.25, 0.3) is 11.1 Å². The van der Waals surface area contributed by atoms with Gasteiger partial charge in [-0.05, 0) is 266 Å². The summed E-state index contributed by atoms with van der Waals surface area (Å²) in [6.45, 7) is 25.1. The van der Waals surface area contributed by atoms with Crippen molar-refractivity contribution in [3.05, 3.63) is 120 Å². The zero-order chi connectivity index (χ0) is 61.5. The smallest absolute Gasteiger partial charge is 0.411 e. The number of amides is 2. The van der Waals surface area contributed by atoms with Gasteiger partial charge in [-0.2, -0.15) is 0 Å². The molecule has 8 aliphatic rings. The van der Waals surface area contributed by atoms with Crippen LogP contribution in [0.2, 0.25) is 0 Å². The zero-order valence-corrected chi connectivity index (χ0v) is 55.5. The van der Waals surface area contributed by atoms with Gasteiger partial charge >= 0.3 is 12.2 Å². The number of anilines is 2. The molecular weight excluding hydrogens is 1080 g/mol. The van der Waals surface area contributed by atoms with Crippen LogP contribution in [0.15, 0.2) is 120 Å². The Morgan fingerprint density at radius 2 is 0.807 bits per heavy atom. The predicted octanol–water partition coefficient (Wildman–Crippen LogP) is 22.9. The van der Waals surface area contributed by atoms with Gasteiger partial charge in [0.05, 0.1) is 0 Å². The average Bonchev–Trinajstić information content (AvgIpc) is 1.64. The molecule has 0 spiro atoms. The molecule has 0 bridgehead atoms. The molecule has 6 fully saturated rings. The fourth-order valence-corrected chi connectivity index (χ4v) is 21.0. The maximum atomic E-state index is 13.3. The molecule has 2 amide bonds. The minimum absolute atomic E-state index is 0.100. The standard InChI is InChI=1S/C80H108N2O6/c1-51(2)13-11-15-53(5)69-37-39-71-67-35-21-57-49-65(41-45-77(57,7)73(67)43-47-79(69,71)9)87-75(83)81-59-23-31-63(32-24-59)85-61-27-17-55(18-28-61)56-19-29-62(30-20-56)86-64-33-25-60(26-34-64)82-76(84)88-66-42-46-78(8)58(50-66)22-36-68-72-40-38-70(54(6)16-12-14-52(3)4)80(72,10)48-44-74(68)78/h17-34,51-54,65-74H,11-16,35-50H2,1-10H3,(H,81,83)(H,82,84)/t53-,54-,65+,66+,67+,68+,69-,70-,71+,72+,73+,74+,77+,78+,79-,80-/m1/s1. The molecule has 0 aliphatic heterocycles. The summed E-state index contributed by atoms with van der Waals surface area (Å²) in [6, 6.07) is 31.0. The summed E-state index contributed by atoms with van der Waals surface area (Å²) in [5.74, 6) is 12.6. The van der Waals surface area contributed by atoms with E-state index in [1.807, 2.05) is 97.1 Å². The summed E-state index contributed by atoms with van der Waals surface area (Å²) in [5, 5.41) is 5.98. The minimum Gasteiger partial charge on any atom is -0.457 e. The molecule has 8 heteroatoms. The third-order valence-corrected chi connectivity index (χ3v) is 25.8. The Morgan fingerprint density at radius 1 is 0.443 bits per heavy atom. The third-order valence-electron chi connectivity index (χ3n) is 25.8. The van der Waals surface area contributed by atoms with Crippen LogP contribution in [-0.4, -0.2) is 24.4 Å². The summed E-state index contributed by atoms with van der Waals surface area (Å²) >= 11 is 0. The topological polar surface area (TPSA) is 95.1 Å². The van der Waals surface area contributed by atoms with Crippen molar-refractivity contribution >= 4 is 23.6 Å². The van der Waals surface area contributed by atoms with Gasteiger partial charge < -0.3 is 18.9 Å². The average molecular weight is 1190 g/mol. The van der Waals surface area contributed by atoms with Crippen molar-refractivity contribution in [1.82, 2.24) is 0 Å². The molecule has 0 aromatic heterocycles. The molecule has 474 valence electrons. The number of carbonyl (C=O) groups is 2. The minimum atomic E-state index is -0.391. The largest absolute Gasteiger partial charge is 0.457 e. The monoisotopic (exact) mass is 1190 g/mol. The normalized spacial score (nSPS) is 33.6. The lowest BCUT2D eigenvalue weighted by Crippen LogP contribution is -2.51. The lowest BCUT2D eigenvalue weighted by atomic mass is 9.47. The molecule has 4 aromatic carbocycles. The van der Waals surface area contributed by atoms with Crippen LogP contribution >= 0.6 is 0 Å². The van der Waals surface area contributed by atoms with Gasteiger partial charge in [0.1, 0.15) is 35.2 Å². The Balaban J connectivity index is 0.561. The van der Waals surface area contributed by atoms with E-state index >= 15 is 0 Å². The zero-order valence-electron chi connectivity index (χ0n) is 55.5. The van der Waals surface area contributed by atoms with Crippen LogP contribution in [0.3, 0.4) is 0 Å². The van der Waals surface area contributed by atoms with Gasteiger partial charge in [0.15, 0.2) is 0 Å². The van der Waals surface area contributed by atoms with Crippen molar-refractivity contribution in [2.45, 2.75) is 223 Å². The Labute approximate surface area is 529 Å². The lowest BCUT2D eigenvalue weighted by Gasteiger charge is -2.58. The van der Waals surface area contributed by atoms with Gasteiger partial charge in [0, 0.05) is 24.2 Å². The first-order valence-corrected chi connectivity index (χ1v) is 35.4. The van der Waals surface area contributed by atoms with Crippen molar-refractivity contribution in [3.63, 3.8) is 0 Å². The summed E-state index contributed by atoms with van der Waals surface area (Å²) in [7, 11) is 0. The molecule has 4 aromatic rings. The van der Waals surface area contributed by atoms with Gasteiger partial charge in [0.25, 0.3) is 0 Å². The number of benzene rings is 4. The second kappa shape index (κ2) is 26.0. The predicted molar refractivity (Wildman–Crippen MR) is 359 cm³/mol. The van der Waals surface area contributed by atoms with Crippen LogP contribution < -0.4 is 20.1 Å². The maximum absolute atomic E-state index is 13.3. The second-order valence-electron chi connectivity index (χ2n) is 31.7. The van der Waals surface area contributed by atoms with Gasteiger partial charge in [-0.1, -0.05) is 155 Å². The van der Waals surface area contributed by atoms with Crippen molar-refractivity contribution in [3.8, 4) is 34.1 Å². The second-order valence-corrected chi connectivity index (χ2v) is 31.7. The molecule has 88 heavy (non-hydrogen) atoms. The molecule has 2 N–H and O–H groups in total. The first-order valence-electron chi connectivity index (χ1n) is 35.4. The van der Waals surface area contributed by atoms with Crippen molar-refractivity contribution in [1.29, 1.82) is 0 Å². The summed E-state index contributed by atoms with van der Waals surface area (Å²) < 4.78 is 24.7. The number of carbonyl (C=O) groups excluding carboxylic acids is 2. The third kappa shape index (κ3) is 12.9. The van der Waals surface area contributed by atoms with Crippen LogP contribution in [0.1, 0.15) is 210 Å². The van der Waals surface area contributed by atoms with E-state index in [0.29, 0.717) is 33.7 Å². The van der Waals surface area contributed by atoms with Crippen LogP contribution in [-0.2, 0) is 9.47 Å². The van der Waals surface area contributed by atoms with Crippen LogP contribution in [0.5, 0.6) is 23.0 Å². The van der Waals surface area contributed by atoms with Crippen LogP contribution in [0.4, 0.5) is 21.0 Å². The van der Waals surface area contributed by atoms with E-state index in [1.165, 1.54) is 103 Å². The highest BCUT2D eigenvalue weighted by Gasteiger charge is 2.61. The molecule has 0 saturated heterocycles. The highest BCUT2D eigenvalue weighted by molar-refractivity contribution is 5.85. The maximum Gasteiger partial charge on any atom is 0.411 e. The summed E-state index contributed by atoms with van der Waals surface area (Å²) in [5.41, 5.74) is 7.97. The van der Waals surface area contributed by atoms with Gasteiger partial charge in [-0.15, -0.1) is 0 Å². The number of hydrogen-bond donors (Lipinski definition) is 2. The van der Waals surface area contributed by atoms with Gasteiger partial charge in [-0.3, -0.25) is 10.6 Å². The number of hydrogen-bond acceptors (Lipinski definition) is 6. The summed E-state index contributed by atoms with van der Waals surface area (Å²) in [4.78, 5) is 26.6. The van der Waals surface area contributed by atoms with Crippen molar-refractivity contribution < 1.29 is 28.5 Å². The molecule has 12 rings (SSSR count). The first-order chi connectivity index (χ1) is 42.3. The fraction of sp³-hybridized carbons (Fsp3) is 0.625. The molecule has 0 unspecified atom stereocenters. The number of ether oxygens (including phenoxy) is 4. The van der Waals surface area contributed by atoms with E-state index < -0.39 is 12.2 Å². The van der Waals surface area contributed by atoms with E-state index in [0.717, 1.165) is 132 Å². The Morgan fingerprint density at radius 3 is 1.17 bits per heavy atom. The SMILES string of the molecule is CC(C)CCC[C@@H](C)[C@H]1CC[C@H]2[C@@H]3CC=C4C[C@@H](OC(=O)Nc5ccc(Oc6ccc(-c7ccc(Oc8ccc(NC(=O)O[C@H]9CC[C@@]%10(C)C(=CC[C@H]%11[C@@H]%12CC[C@H]([C@H](C)CCCC(C)C)[C@@]%12(C)CC[C@@H]%11%10)C9)cc8)cc7)cc6)cc5)CC[C@]4(C)[C@H]3CC[C@]12C. The molecule has 8 nitrogen and oxygen atoms in total. The van der Waals surface area contributed by atoms with E-state index in [2.05, 4.69) is 92.0 Å². The number of rotatable bonds is 19. The van der Waals surface area contributed by atoms with Crippen LogP contribution in [0, 0.1) is 92.7 Å². The van der Waals surface area contributed by atoms with E-state index in [-0.39, 0.29) is 23.0 Å². The van der Waals surface area contributed by atoms with Crippen molar-refractivity contribution in [2.75, 3.05) is 10.6 Å². The van der Waals surface area contributed by atoms with Gasteiger partial charge in [-0.25, -0.2) is 9.59 Å². The van der Waals surface area contributed by atoms with Crippen molar-refractivity contribution in [2.24, 2.45) is 92.7 Å². The lowest BCUT2D eigenvalue weighted by molar-refractivity contribution is -0.0577. The highest BCUT2D eigenvalue weighted by Crippen LogP contribution is 2.69. The van der Waals surface area contributed by atoms with E-state index in [1.54, 1.807) is 11.1 Å². The molecule has 0 radical (unpaired) electrons.